The monoisotopic (exact) mass is 302 g/mol. The highest BCUT2D eigenvalue weighted by Gasteiger charge is 2.17. The maximum absolute atomic E-state index is 12.1. The Bertz CT molecular complexity index is 656. The van der Waals surface area contributed by atoms with Crippen LogP contribution in [0.5, 0.6) is 0 Å². The molecular formula is C17H22N2O3. The standard InChI is InChI=1S/C17H22N2O3/c1-3-12-7-5-8-13-15(12)19-11-14(17(21)22-4-2)16(13)18-9-6-10-20/h5,7-8,11,20H,3-4,6,9-10H2,1-2H3,(H,18,19). The lowest BCUT2D eigenvalue weighted by Crippen LogP contribution is -2.12. The Morgan fingerprint density at radius 2 is 2.18 bits per heavy atom. The fourth-order valence-corrected chi connectivity index (χ4v) is 2.42. The average molecular weight is 302 g/mol. The number of hydrogen-bond acceptors (Lipinski definition) is 5. The fraction of sp³-hybridized carbons (Fsp3) is 0.412. The predicted molar refractivity (Wildman–Crippen MR) is 87.3 cm³/mol. The Morgan fingerprint density at radius 3 is 2.86 bits per heavy atom. The summed E-state index contributed by atoms with van der Waals surface area (Å²) in [5.41, 5.74) is 3.19. The zero-order valence-corrected chi connectivity index (χ0v) is 13.1. The van der Waals surface area contributed by atoms with Crippen LogP contribution >= 0.6 is 0 Å². The van der Waals surface area contributed by atoms with E-state index in [-0.39, 0.29) is 12.6 Å². The van der Waals surface area contributed by atoms with E-state index in [4.69, 9.17) is 9.84 Å². The average Bonchev–Trinajstić information content (AvgIpc) is 2.54. The highest BCUT2D eigenvalue weighted by molar-refractivity contribution is 6.05. The SMILES string of the molecule is CCOC(=O)c1cnc2c(CC)cccc2c1NCCCO. The fourth-order valence-electron chi connectivity index (χ4n) is 2.42. The van der Waals surface area contributed by atoms with Gasteiger partial charge in [-0.3, -0.25) is 4.98 Å². The first-order valence-corrected chi connectivity index (χ1v) is 7.65. The minimum Gasteiger partial charge on any atom is -0.462 e. The Labute approximate surface area is 130 Å². The van der Waals surface area contributed by atoms with Crippen molar-refractivity contribution < 1.29 is 14.6 Å². The van der Waals surface area contributed by atoms with Gasteiger partial charge in [0.25, 0.3) is 0 Å². The maximum Gasteiger partial charge on any atom is 0.341 e. The summed E-state index contributed by atoms with van der Waals surface area (Å²) in [6.07, 6.45) is 3.06. The number of nitrogens with zero attached hydrogens (tertiary/aromatic N) is 1. The first-order chi connectivity index (χ1) is 10.7. The smallest absolute Gasteiger partial charge is 0.341 e. The molecular weight excluding hydrogens is 280 g/mol. The minimum atomic E-state index is -0.384. The lowest BCUT2D eigenvalue weighted by molar-refractivity contribution is 0.0527. The molecule has 0 amide bonds. The van der Waals surface area contributed by atoms with Gasteiger partial charge in [-0.05, 0) is 25.3 Å². The summed E-state index contributed by atoms with van der Waals surface area (Å²) in [6, 6.07) is 5.96. The number of anilines is 1. The van der Waals surface area contributed by atoms with Crippen LogP contribution in [0.25, 0.3) is 10.9 Å². The number of aromatic nitrogens is 1. The molecule has 0 bridgehead atoms. The topological polar surface area (TPSA) is 71.5 Å². The van der Waals surface area contributed by atoms with Crippen molar-refractivity contribution in [1.82, 2.24) is 4.98 Å². The number of fused-ring (bicyclic) bond motifs is 1. The summed E-state index contributed by atoms with van der Waals surface area (Å²) >= 11 is 0. The number of aliphatic hydroxyl groups is 1. The molecule has 0 aliphatic heterocycles. The Kier molecular flexibility index (Phi) is 5.72. The van der Waals surface area contributed by atoms with E-state index in [2.05, 4.69) is 17.2 Å². The molecule has 2 N–H and O–H groups in total. The number of carbonyl (C=O) groups excluding carboxylic acids is 1. The Balaban J connectivity index is 2.54. The van der Waals surface area contributed by atoms with Gasteiger partial charge in [0.15, 0.2) is 0 Å². The van der Waals surface area contributed by atoms with Gasteiger partial charge >= 0.3 is 5.97 Å². The first-order valence-electron chi connectivity index (χ1n) is 7.65. The third kappa shape index (κ3) is 3.36. The third-order valence-electron chi connectivity index (χ3n) is 3.49. The summed E-state index contributed by atoms with van der Waals surface area (Å²) in [7, 11) is 0. The largest absolute Gasteiger partial charge is 0.462 e. The summed E-state index contributed by atoms with van der Waals surface area (Å²) in [4.78, 5) is 16.6. The van der Waals surface area contributed by atoms with Crippen LogP contribution in [0.1, 0.15) is 36.2 Å². The van der Waals surface area contributed by atoms with Crippen LogP contribution in [0.2, 0.25) is 0 Å². The molecule has 0 aliphatic carbocycles. The molecule has 0 spiro atoms. The van der Waals surface area contributed by atoms with E-state index in [9.17, 15) is 4.79 Å². The molecule has 2 aromatic rings. The molecule has 5 nitrogen and oxygen atoms in total. The number of carbonyl (C=O) groups is 1. The minimum absolute atomic E-state index is 0.102. The lowest BCUT2D eigenvalue weighted by atomic mass is 10.0. The van der Waals surface area contributed by atoms with Gasteiger partial charge in [0, 0.05) is 24.7 Å². The normalized spacial score (nSPS) is 10.7. The van der Waals surface area contributed by atoms with Gasteiger partial charge in [0.05, 0.1) is 17.8 Å². The number of pyridine rings is 1. The van der Waals surface area contributed by atoms with E-state index in [0.717, 1.165) is 28.6 Å². The molecule has 2 rings (SSSR count). The van der Waals surface area contributed by atoms with Crippen LogP contribution in [-0.2, 0) is 11.2 Å². The van der Waals surface area contributed by atoms with Crippen molar-refractivity contribution >= 4 is 22.6 Å². The van der Waals surface area contributed by atoms with Gasteiger partial charge in [0.1, 0.15) is 5.56 Å². The quantitative estimate of drug-likeness (QED) is 0.608. The zero-order chi connectivity index (χ0) is 15.9. The van der Waals surface area contributed by atoms with Crippen LogP contribution < -0.4 is 5.32 Å². The molecule has 0 unspecified atom stereocenters. The van der Waals surface area contributed by atoms with Gasteiger partial charge in [-0.15, -0.1) is 0 Å². The highest BCUT2D eigenvalue weighted by Crippen LogP contribution is 2.29. The summed E-state index contributed by atoms with van der Waals surface area (Å²) in [5, 5.41) is 13.1. The van der Waals surface area contributed by atoms with Crippen LogP contribution in [0.4, 0.5) is 5.69 Å². The predicted octanol–water partition coefficient (Wildman–Crippen LogP) is 2.77. The van der Waals surface area contributed by atoms with Crippen molar-refractivity contribution in [2.45, 2.75) is 26.7 Å². The van der Waals surface area contributed by atoms with Gasteiger partial charge in [-0.25, -0.2) is 4.79 Å². The van der Waals surface area contributed by atoms with Gasteiger partial charge in [0.2, 0.25) is 0 Å². The molecule has 0 radical (unpaired) electrons. The van der Waals surface area contributed by atoms with Crippen molar-refractivity contribution in [3.63, 3.8) is 0 Å². The third-order valence-corrected chi connectivity index (χ3v) is 3.49. The van der Waals surface area contributed by atoms with E-state index >= 15 is 0 Å². The Morgan fingerprint density at radius 1 is 1.36 bits per heavy atom. The number of rotatable bonds is 7. The number of aryl methyl sites for hydroxylation is 1. The number of hydrogen-bond donors (Lipinski definition) is 2. The number of nitrogens with one attached hydrogen (secondary N) is 1. The molecule has 1 aromatic carbocycles. The molecule has 118 valence electrons. The van der Waals surface area contributed by atoms with Crippen molar-refractivity contribution in [3.8, 4) is 0 Å². The van der Waals surface area contributed by atoms with Gasteiger partial charge in [-0.2, -0.15) is 0 Å². The second-order valence-corrected chi connectivity index (χ2v) is 4.94. The van der Waals surface area contributed by atoms with E-state index in [0.29, 0.717) is 25.1 Å². The van der Waals surface area contributed by atoms with Crippen LogP contribution in [0.15, 0.2) is 24.4 Å². The lowest BCUT2D eigenvalue weighted by Gasteiger charge is -2.15. The molecule has 22 heavy (non-hydrogen) atoms. The second-order valence-electron chi connectivity index (χ2n) is 4.94. The highest BCUT2D eigenvalue weighted by atomic mass is 16.5. The summed E-state index contributed by atoms with van der Waals surface area (Å²) in [5.74, 6) is -0.384. The molecule has 1 aromatic heterocycles. The second kappa shape index (κ2) is 7.75. The molecule has 0 atom stereocenters. The van der Waals surface area contributed by atoms with E-state index in [1.54, 1.807) is 13.1 Å². The van der Waals surface area contributed by atoms with Crippen molar-refractivity contribution in [3.05, 3.63) is 35.5 Å². The summed E-state index contributed by atoms with van der Waals surface area (Å²) < 4.78 is 5.11. The number of aliphatic hydroxyl groups excluding tert-OH is 1. The van der Waals surface area contributed by atoms with E-state index in [1.807, 2.05) is 18.2 Å². The number of para-hydroxylation sites is 1. The molecule has 0 saturated heterocycles. The zero-order valence-electron chi connectivity index (χ0n) is 13.1. The van der Waals surface area contributed by atoms with Crippen LogP contribution in [-0.4, -0.2) is 35.8 Å². The van der Waals surface area contributed by atoms with Gasteiger partial charge < -0.3 is 15.2 Å². The van der Waals surface area contributed by atoms with E-state index in [1.165, 1.54) is 0 Å². The molecule has 1 heterocycles. The maximum atomic E-state index is 12.1. The molecule has 5 heteroatoms. The van der Waals surface area contributed by atoms with Crippen LogP contribution in [0, 0.1) is 0 Å². The Hall–Kier alpha value is -2.14. The number of ether oxygens (including phenoxy) is 1. The molecule has 0 saturated carbocycles. The van der Waals surface area contributed by atoms with Crippen molar-refractivity contribution in [2.24, 2.45) is 0 Å². The van der Waals surface area contributed by atoms with Crippen molar-refractivity contribution in [2.75, 3.05) is 25.1 Å². The van der Waals surface area contributed by atoms with Crippen molar-refractivity contribution in [1.29, 1.82) is 0 Å². The number of benzene rings is 1. The van der Waals surface area contributed by atoms with Crippen LogP contribution in [0.3, 0.4) is 0 Å². The molecule has 0 aliphatic rings. The van der Waals surface area contributed by atoms with E-state index < -0.39 is 0 Å². The van der Waals surface area contributed by atoms with Gasteiger partial charge in [-0.1, -0.05) is 25.1 Å². The molecule has 0 fully saturated rings. The number of esters is 1. The first kappa shape index (κ1) is 16.2. The summed E-state index contributed by atoms with van der Waals surface area (Å²) in [6.45, 7) is 4.86.